The molecule has 2 amide bonds. The Morgan fingerprint density at radius 2 is 1.52 bits per heavy atom. The highest BCUT2D eigenvalue weighted by Gasteiger charge is 2.06. The van der Waals surface area contributed by atoms with Crippen LogP contribution in [0.4, 0.5) is 11.4 Å². The molecule has 140 valence electrons. The molecule has 0 saturated heterocycles. The van der Waals surface area contributed by atoms with Gasteiger partial charge in [0.25, 0.3) is 0 Å². The van der Waals surface area contributed by atoms with Crippen LogP contribution in [0.3, 0.4) is 0 Å². The predicted molar refractivity (Wildman–Crippen MR) is 107 cm³/mol. The Bertz CT molecular complexity index is 859. The Balaban J connectivity index is 1.83. The van der Waals surface area contributed by atoms with Crippen LogP contribution in [0.25, 0.3) is 0 Å². The molecular formula is C20H20N2O4S. The molecular weight excluding hydrogens is 364 g/mol. The first-order valence-corrected chi connectivity index (χ1v) is 9.14. The topological polar surface area (TPSA) is 95.5 Å². The molecule has 0 bridgehead atoms. The highest BCUT2D eigenvalue weighted by molar-refractivity contribution is 8.00. The molecule has 2 rings (SSSR count). The van der Waals surface area contributed by atoms with Crippen molar-refractivity contribution in [1.29, 1.82) is 0 Å². The lowest BCUT2D eigenvalue weighted by atomic mass is 10.2. The average molecular weight is 384 g/mol. The number of hydrogen-bond donors (Lipinski definition) is 3. The molecule has 27 heavy (non-hydrogen) atoms. The van der Waals surface area contributed by atoms with Crippen LogP contribution in [-0.2, 0) is 14.4 Å². The number of hydrogen-bond acceptors (Lipinski definition) is 4. The summed E-state index contributed by atoms with van der Waals surface area (Å²) in [6.45, 7) is 3.33. The molecule has 2 aromatic rings. The van der Waals surface area contributed by atoms with Crippen LogP contribution in [0.1, 0.15) is 12.5 Å². The molecule has 0 aliphatic rings. The van der Waals surface area contributed by atoms with E-state index in [1.165, 1.54) is 18.7 Å². The second-order valence-electron chi connectivity index (χ2n) is 5.85. The van der Waals surface area contributed by atoms with Crippen LogP contribution in [0.2, 0.25) is 0 Å². The Hall–Kier alpha value is -3.06. The summed E-state index contributed by atoms with van der Waals surface area (Å²) in [6, 6.07) is 14.5. The van der Waals surface area contributed by atoms with Gasteiger partial charge in [0.15, 0.2) is 0 Å². The number of aryl methyl sites for hydroxylation is 1. The lowest BCUT2D eigenvalue weighted by molar-refractivity contribution is -0.132. The number of carbonyl (C=O) groups excluding carboxylic acids is 2. The molecule has 6 nitrogen and oxygen atoms in total. The van der Waals surface area contributed by atoms with Gasteiger partial charge in [-0.1, -0.05) is 17.7 Å². The summed E-state index contributed by atoms with van der Waals surface area (Å²) >= 11 is 1.38. The number of carbonyl (C=O) groups is 3. The molecule has 0 unspecified atom stereocenters. The number of rotatable bonds is 7. The van der Waals surface area contributed by atoms with Gasteiger partial charge in [0.05, 0.1) is 5.75 Å². The molecule has 0 saturated carbocycles. The van der Waals surface area contributed by atoms with Gasteiger partial charge in [0.2, 0.25) is 11.8 Å². The summed E-state index contributed by atoms with van der Waals surface area (Å²) < 4.78 is 0. The van der Waals surface area contributed by atoms with Crippen molar-refractivity contribution in [3.63, 3.8) is 0 Å². The van der Waals surface area contributed by atoms with Crippen LogP contribution in [0.15, 0.2) is 65.1 Å². The largest absolute Gasteiger partial charge is 0.478 e. The average Bonchev–Trinajstić information content (AvgIpc) is 2.63. The van der Waals surface area contributed by atoms with Gasteiger partial charge in [0.1, 0.15) is 0 Å². The third-order valence-corrected chi connectivity index (χ3v) is 4.52. The fourth-order valence-corrected chi connectivity index (χ4v) is 2.75. The first-order chi connectivity index (χ1) is 12.8. The number of benzene rings is 2. The van der Waals surface area contributed by atoms with Crippen LogP contribution >= 0.6 is 11.8 Å². The molecule has 3 N–H and O–H groups in total. The molecule has 0 atom stereocenters. The standard InChI is InChI=1S/C20H20N2O4S/c1-13-3-5-15(6-4-13)22-19(24)12-27-17-9-7-16(8-10-17)21-18(23)11-14(2)20(25)26/h3-11H,12H2,1-2H3,(H,21,23)(H,22,24)(H,25,26)/b14-11+. The minimum atomic E-state index is -1.14. The van der Waals surface area contributed by atoms with Crippen molar-refractivity contribution in [2.45, 2.75) is 18.7 Å². The van der Waals surface area contributed by atoms with Crippen molar-refractivity contribution < 1.29 is 19.5 Å². The zero-order chi connectivity index (χ0) is 19.8. The Morgan fingerprint density at radius 3 is 2.11 bits per heavy atom. The van der Waals surface area contributed by atoms with Crippen molar-refractivity contribution in [2.75, 3.05) is 16.4 Å². The van der Waals surface area contributed by atoms with Crippen molar-refractivity contribution in [2.24, 2.45) is 0 Å². The van der Waals surface area contributed by atoms with E-state index < -0.39 is 11.9 Å². The second-order valence-corrected chi connectivity index (χ2v) is 6.90. The molecule has 0 aliphatic heterocycles. The summed E-state index contributed by atoms with van der Waals surface area (Å²) in [6.07, 6.45) is 1.03. The number of thioether (sulfide) groups is 1. The molecule has 0 aromatic heterocycles. The van der Waals surface area contributed by atoms with E-state index >= 15 is 0 Å². The summed E-state index contributed by atoms with van der Waals surface area (Å²) in [5, 5.41) is 14.2. The maximum atomic E-state index is 12.0. The van der Waals surface area contributed by atoms with E-state index in [1.807, 2.05) is 31.2 Å². The third kappa shape index (κ3) is 6.99. The van der Waals surface area contributed by atoms with Gasteiger partial charge in [-0.15, -0.1) is 11.8 Å². The minimum absolute atomic E-state index is 0.0423. The molecule has 0 heterocycles. The Labute approximate surface area is 161 Å². The summed E-state index contributed by atoms with van der Waals surface area (Å²) in [5.41, 5.74) is 2.39. The number of aliphatic carboxylic acids is 1. The van der Waals surface area contributed by atoms with Gasteiger partial charge in [0, 0.05) is 27.9 Å². The highest BCUT2D eigenvalue weighted by atomic mass is 32.2. The van der Waals surface area contributed by atoms with Crippen molar-refractivity contribution in [3.8, 4) is 0 Å². The van der Waals surface area contributed by atoms with Gasteiger partial charge in [-0.2, -0.15) is 0 Å². The van der Waals surface area contributed by atoms with E-state index in [1.54, 1.807) is 24.3 Å². The van der Waals surface area contributed by atoms with E-state index in [2.05, 4.69) is 10.6 Å². The minimum Gasteiger partial charge on any atom is -0.478 e. The van der Waals surface area contributed by atoms with E-state index in [0.29, 0.717) is 5.69 Å². The molecule has 2 aromatic carbocycles. The van der Waals surface area contributed by atoms with Crippen molar-refractivity contribution in [3.05, 3.63) is 65.7 Å². The predicted octanol–water partition coefficient (Wildman–Crippen LogP) is 3.70. The Morgan fingerprint density at radius 1 is 0.963 bits per heavy atom. The maximum absolute atomic E-state index is 12.0. The maximum Gasteiger partial charge on any atom is 0.331 e. The molecule has 0 fully saturated rings. The lowest BCUT2D eigenvalue weighted by Gasteiger charge is -2.07. The fraction of sp³-hybridized carbons (Fsp3) is 0.150. The molecule has 0 radical (unpaired) electrons. The van der Waals surface area contributed by atoms with Crippen LogP contribution in [0, 0.1) is 6.92 Å². The van der Waals surface area contributed by atoms with Gasteiger partial charge in [-0.3, -0.25) is 9.59 Å². The summed E-state index contributed by atoms with van der Waals surface area (Å²) in [5.74, 6) is -1.48. The van der Waals surface area contributed by atoms with Gasteiger partial charge in [-0.25, -0.2) is 4.79 Å². The van der Waals surface area contributed by atoms with E-state index in [4.69, 9.17) is 5.11 Å². The monoisotopic (exact) mass is 384 g/mol. The van der Waals surface area contributed by atoms with Crippen molar-refractivity contribution >= 4 is 40.9 Å². The van der Waals surface area contributed by atoms with E-state index in [-0.39, 0.29) is 17.2 Å². The first-order valence-electron chi connectivity index (χ1n) is 8.15. The molecule has 0 aliphatic carbocycles. The summed E-state index contributed by atoms with van der Waals surface area (Å²) in [7, 11) is 0. The van der Waals surface area contributed by atoms with Crippen LogP contribution < -0.4 is 10.6 Å². The number of nitrogens with one attached hydrogen (secondary N) is 2. The van der Waals surface area contributed by atoms with Crippen LogP contribution in [0.5, 0.6) is 0 Å². The fourth-order valence-electron chi connectivity index (χ4n) is 2.05. The van der Waals surface area contributed by atoms with Crippen molar-refractivity contribution in [1.82, 2.24) is 0 Å². The third-order valence-electron chi connectivity index (χ3n) is 3.51. The number of carboxylic acids is 1. The van der Waals surface area contributed by atoms with Crippen LogP contribution in [-0.4, -0.2) is 28.6 Å². The quantitative estimate of drug-likeness (QED) is 0.500. The van der Waals surface area contributed by atoms with E-state index in [9.17, 15) is 14.4 Å². The zero-order valence-corrected chi connectivity index (χ0v) is 15.8. The Kier molecular flexibility index (Phi) is 7.19. The SMILES string of the molecule is C/C(=C\C(=O)Nc1ccc(SCC(=O)Nc2ccc(C)cc2)cc1)C(=O)O. The van der Waals surface area contributed by atoms with Gasteiger partial charge < -0.3 is 15.7 Å². The normalized spacial score (nSPS) is 11.0. The van der Waals surface area contributed by atoms with E-state index in [0.717, 1.165) is 22.2 Å². The van der Waals surface area contributed by atoms with Gasteiger partial charge in [-0.05, 0) is 50.2 Å². The molecule has 7 heteroatoms. The number of amides is 2. The molecule has 0 spiro atoms. The lowest BCUT2D eigenvalue weighted by Crippen LogP contribution is -2.13. The smallest absolute Gasteiger partial charge is 0.331 e. The summed E-state index contributed by atoms with van der Waals surface area (Å²) in [4.78, 5) is 35.3. The number of anilines is 2. The second kappa shape index (κ2) is 9.59. The van der Waals surface area contributed by atoms with Gasteiger partial charge >= 0.3 is 5.97 Å². The first kappa shape index (κ1) is 20.3. The zero-order valence-electron chi connectivity index (χ0n) is 15.0. The highest BCUT2D eigenvalue weighted by Crippen LogP contribution is 2.21. The number of carboxylic acid groups (broad SMARTS) is 1.